The van der Waals surface area contributed by atoms with E-state index in [0.717, 1.165) is 5.56 Å². The quantitative estimate of drug-likeness (QED) is 0.577. The number of hydrazine groups is 1. The summed E-state index contributed by atoms with van der Waals surface area (Å²) in [5, 5.41) is 7.97. The van der Waals surface area contributed by atoms with Crippen LogP contribution in [0.3, 0.4) is 0 Å². The maximum absolute atomic E-state index is 13.1. The zero-order valence-corrected chi connectivity index (χ0v) is 18.2. The topological polar surface area (TPSA) is 44.8 Å². The number of ether oxygens (including phenoxy) is 1. The number of carbonyl (C=O) groups excluding carboxylic acids is 1. The maximum Gasteiger partial charge on any atom is 0.230 e. The third kappa shape index (κ3) is 3.71. The third-order valence-corrected chi connectivity index (χ3v) is 6.87. The minimum Gasteiger partial charge on any atom is -0.375 e. The molecule has 5 unspecified atom stereocenters. The molecule has 1 heterocycles. The third-order valence-electron chi connectivity index (χ3n) is 5.57. The first kappa shape index (κ1) is 21.7. The van der Waals surface area contributed by atoms with Crippen molar-refractivity contribution in [2.24, 2.45) is 5.41 Å². The number of halogens is 3. The van der Waals surface area contributed by atoms with Gasteiger partial charge in [-0.25, -0.2) is 10.0 Å². The van der Waals surface area contributed by atoms with E-state index in [4.69, 9.17) is 39.5 Å². The van der Waals surface area contributed by atoms with Gasteiger partial charge in [0.1, 0.15) is 11.6 Å². The predicted octanol–water partition coefficient (Wildman–Crippen LogP) is 3.94. The Labute approximate surface area is 170 Å². The highest BCUT2D eigenvalue weighted by molar-refractivity contribution is 6.35. The lowest BCUT2D eigenvalue weighted by Crippen LogP contribution is -2.52. The number of nitrogens with one attached hydrogen (secondary N) is 1. The summed E-state index contributed by atoms with van der Waals surface area (Å²) in [4.78, 5) is 13.1. The number of hydrogen-bond acceptors (Lipinski definition) is 4. The highest BCUT2D eigenvalue weighted by Crippen LogP contribution is 2.42. The summed E-state index contributed by atoms with van der Waals surface area (Å²) in [6, 6.07) is 4.87. The van der Waals surface area contributed by atoms with Gasteiger partial charge in [0.2, 0.25) is 5.91 Å². The van der Waals surface area contributed by atoms with E-state index < -0.39 is 17.0 Å². The van der Waals surface area contributed by atoms with Crippen LogP contribution >= 0.6 is 34.8 Å². The lowest BCUT2D eigenvalue weighted by Gasteiger charge is -2.33. The van der Waals surface area contributed by atoms with Crippen LogP contribution in [0.15, 0.2) is 18.2 Å². The molecule has 8 heteroatoms. The normalized spacial score (nSPS) is 29.6. The second-order valence-electron chi connectivity index (χ2n) is 7.03. The van der Waals surface area contributed by atoms with Crippen molar-refractivity contribution in [3.8, 4) is 0 Å². The molecule has 1 N–H and O–H groups in total. The Morgan fingerprint density at radius 2 is 1.92 bits per heavy atom. The van der Waals surface area contributed by atoms with E-state index in [-0.39, 0.29) is 18.0 Å². The Hall–Kier alpha value is -0.560. The fraction of sp³-hybridized carbons (Fsp3) is 0.611. The van der Waals surface area contributed by atoms with Crippen molar-refractivity contribution >= 4 is 40.7 Å². The number of alkyl halides is 1. The van der Waals surface area contributed by atoms with Gasteiger partial charge < -0.3 is 10.1 Å². The Kier molecular flexibility index (Phi) is 6.86. The zero-order chi connectivity index (χ0) is 19.8. The van der Waals surface area contributed by atoms with E-state index >= 15 is 0 Å². The lowest BCUT2D eigenvalue weighted by atomic mass is 9.82. The molecule has 2 rings (SSSR count). The predicted molar refractivity (Wildman–Crippen MR) is 107 cm³/mol. The first-order valence-electron chi connectivity index (χ1n) is 8.44. The molecule has 5 nitrogen and oxygen atoms in total. The van der Waals surface area contributed by atoms with Crippen LogP contribution < -0.4 is 5.32 Å². The molecular weight excluding hydrogens is 397 g/mol. The smallest absolute Gasteiger partial charge is 0.230 e. The van der Waals surface area contributed by atoms with E-state index in [9.17, 15) is 4.79 Å². The number of methoxy groups -OCH3 is 1. The Bertz CT molecular complexity index is 659. The van der Waals surface area contributed by atoms with Gasteiger partial charge in [-0.15, -0.1) is 11.6 Å². The van der Waals surface area contributed by atoms with Gasteiger partial charge in [-0.2, -0.15) is 0 Å². The largest absolute Gasteiger partial charge is 0.375 e. The van der Waals surface area contributed by atoms with Gasteiger partial charge in [-0.3, -0.25) is 4.79 Å². The van der Waals surface area contributed by atoms with Crippen molar-refractivity contribution in [1.82, 2.24) is 15.3 Å². The summed E-state index contributed by atoms with van der Waals surface area (Å²) in [5.74, 6) is -0.124. The molecule has 5 atom stereocenters. The fourth-order valence-corrected chi connectivity index (χ4v) is 4.41. The van der Waals surface area contributed by atoms with Gasteiger partial charge in [0.15, 0.2) is 0 Å². The van der Waals surface area contributed by atoms with Crippen LogP contribution in [-0.2, 0) is 9.53 Å². The SMILES string of the molecule is COC(c1ccc(Cl)cc1Cl)C(C)NC(=O)C1(C)C(C)N(C)N(C)C1Cl. The molecule has 1 aliphatic rings. The van der Waals surface area contributed by atoms with Crippen molar-refractivity contribution in [2.45, 2.75) is 44.5 Å². The second-order valence-corrected chi connectivity index (χ2v) is 8.28. The Balaban J connectivity index is 2.22. The molecule has 0 radical (unpaired) electrons. The van der Waals surface area contributed by atoms with Gasteiger partial charge in [-0.1, -0.05) is 29.3 Å². The molecule has 1 aromatic carbocycles. The monoisotopic (exact) mass is 421 g/mol. The first-order valence-corrected chi connectivity index (χ1v) is 9.63. The summed E-state index contributed by atoms with van der Waals surface area (Å²) < 4.78 is 5.62. The number of hydrogen-bond donors (Lipinski definition) is 1. The van der Waals surface area contributed by atoms with E-state index in [0.29, 0.717) is 10.0 Å². The van der Waals surface area contributed by atoms with Crippen molar-refractivity contribution in [3.63, 3.8) is 0 Å². The summed E-state index contributed by atoms with van der Waals surface area (Å²) in [5.41, 5.74) is -0.455. The summed E-state index contributed by atoms with van der Waals surface area (Å²) in [6.45, 7) is 5.76. The molecular formula is C18H26Cl3N3O2. The Morgan fingerprint density at radius 1 is 1.31 bits per heavy atom. The van der Waals surface area contributed by atoms with Crippen LogP contribution in [0.5, 0.6) is 0 Å². The highest BCUT2D eigenvalue weighted by atomic mass is 35.5. The highest BCUT2D eigenvalue weighted by Gasteiger charge is 2.55. The minimum atomic E-state index is -0.776. The van der Waals surface area contributed by atoms with Gasteiger partial charge in [-0.05, 0) is 32.9 Å². The van der Waals surface area contributed by atoms with Gasteiger partial charge >= 0.3 is 0 Å². The van der Waals surface area contributed by atoms with Crippen LogP contribution in [-0.4, -0.2) is 54.7 Å². The number of nitrogens with zero attached hydrogens (tertiary/aromatic N) is 2. The molecule has 26 heavy (non-hydrogen) atoms. The summed E-state index contributed by atoms with van der Waals surface area (Å²) >= 11 is 18.9. The van der Waals surface area contributed by atoms with E-state index in [1.165, 1.54) is 0 Å². The molecule has 0 saturated carbocycles. The molecule has 0 bridgehead atoms. The molecule has 0 aromatic heterocycles. The average molecular weight is 423 g/mol. The number of amides is 1. The van der Waals surface area contributed by atoms with Gasteiger partial charge in [0, 0.05) is 42.9 Å². The second kappa shape index (κ2) is 8.21. The van der Waals surface area contributed by atoms with Crippen molar-refractivity contribution in [1.29, 1.82) is 0 Å². The summed E-state index contributed by atoms with van der Waals surface area (Å²) in [6.07, 6.45) is -0.409. The van der Waals surface area contributed by atoms with Crippen molar-refractivity contribution in [3.05, 3.63) is 33.8 Å². The van der Waals surface area contributed by atoms with Crippen LogP contribution in [0.4, 0.5) is 0 Å². The van der Waals surface area contributed by atoms with E-state index in [2.05, 4.69) is 5.32 Å². The van der Waals surface area contributed by atoms with E-state index in [1.54, 1.807) is 19.2 Å². The minimum absolute atomic E-state index is 0.0534. The molecule has 0 aliphatic carbocycles. The Morgan fingerprint density at radius 3 is 2.38 bits per heavy atom. The lowest BCUT2D eigenvalue weighted by molar-refractivity contribution is -0.132. The number of carbonyl (C=O) groups is 1. The molecule has 1 amide bonds. The molecule has 1 saturated heterocycles. The van der Waals surface area contributed by atoms with Crippen LogP contribution in [0.2, 0.25) is 10.0 Å². The zero-order valence-electron chi connectivity index (χ0n) is 15.9. The van der Waals surface area contributed by atoms with Gasteiger partial charge in [0.25, 0.3) is 0 Å². The first-order chi connectivity index (χ1) is 12.0. The number of rotatable bonds is 5. The number of benzene rings is 1. The van der Waals surface area contributed by atoms with E-state index in [1.807, 2.05) is 51.0 Å². The maximum atomic E-state index is 13.1. The van der Waals surface area contributed by atoms with Crippen LogP contribution in [0.25, 0.3) is 0 Å². The molecule has 146 valence electrons. The average Bonchev–Trinajstić information content (AvgIpc) is 2.73. The fourth-order valence-electron chi connectivity index (χ4n) is 3.48. The molecule has 1 aliphatic heterocycles. The van der Waals surface area contributed by atoms with Crippen molar-refractivity contribution < 1.29 is 9.53 Å². The van der Waals surface area contributed by atoms with Crippen LogP contribution in [0.1, 0.15) is 32.4 Å². The molecule has 1 fully saturated rings. The van der Waals surface area contributed by atoms with Crippen molar-refractivity contribution in [2.75, 3.05) is 21.2 Å². The van der Waals surface area contributed by atoms with Gasteiger partial charge in [0.05, 0.1) is 11.5 Å². The molecule has 0 spiro atoms. The molecule has 1 aromatic rings. The van der Waals surface area contributed by atoms with Crippen LogP contribution in [0, 0.1) is 5.41 Å². The standard InChI is InChI=1S/C18H26Cl3N3O2/c1-10(15(26-6)13-8-7-12(19)9-14(13)20)22-17(25)18(3)11(2)23(4)24(5)16(18)21/h7-11,15-16H,1-6H3,(H,22,25). The summed E-state index contributed by atoms with van der Waals surface area (Å²) in [7, 11) is 5.39.